The van der Waals surface area contributed by atoms with Gasteiger partial charge < -0.3 is 10.2 Å². The lowest BCUT2D eigenvalue weighted by atomic mass is 10.5. The van der Waals surface area contributed by atoms with E-state index in [1.54, 1.807) is 0 Å². The van der Waals surface area contributed by atoms with Gasteiger partial charge in [-0.2, -0.15) is 15.0 Å². The average Bonchev–Trinajstić information content (AvgIpc) is 2.27. The third kappa shape index (κ3) is 3.24. The van der Waals surface area contributed by atoms with Crippen LogP contribution in [-0.4, -0.2) is 34.6 Å². The van der Waals surface area contributed by atoms with E-state index in [0.29, 0.717) is 18.4 Å². The number of aromatic nitrogens is 3. The SMILES string of the molecule is C#CCNc1nc(Cl)nc(N(CC)CC)n1. The summed E-state index contributed by atoms with van der Waals surface area (Å²) < 4.78 is 0. The zero-order valence-electron chi connectivity index (χ0n) is 9.37. The molecule has 6 heteroatoms. The van der Waals surface area contributed by atoms with Gasteiger partial charge >= 0.3 is 0 Å². The van der Waals surface area contributed by atoms with Crippen molar-refractivity contribution in [1.29, 1.82) is 0 Å². The van der Waals surface area contributed by atoms with E-state index in [0.717, 1.165) is 13.1 Å². The molecule has 0 spiro atoms. The fraction of sp³-hybridized carbons (Fsp3) is 0.500. The fourth-order valence-corrected chi connectivity index (χ4v) is 1.35. The molecular weight excluding hydrogens is 226 g/mol. The van der Waals surface area contributed by atoms with Crippen molar-refractivity contribution in [3.05, 3.63) is 5.28 Å². The van der Waals surface area contributed by atoms with Gasteiger partial charge in [-0.3, -0.25) is 0 Å². The number of anilines is 2. The standard InChI is InChI=1S/C10H14ClN5/c1-4-7-12-9-13-8(11)14-10(15-9)16(5-2)6-3/h1H,5-7H2,2-3H3,(H,12,13,14,15). The summed E-state index contributed by atoms with van der Waals surface area (Å²) in [6.45, 7) is 6.03. The molecule has 0 aliphatic carbocycles. The zero-order valence-corrected chi connectivity index (χ0v) is 10.1. The summed E-state index contributed by atoms with van der Waals surface area (Å²) in [5.41, 5.74) is 0. The highest BCUT2D eigenvalue weighted by Crippen LogP contribution is 2.13. The van der Waals surface area contributed by atoms with E-state index in [1.165, 1.54) is 0 Å². The summed E-state index contributed by atoms with van der Waals surface area (Å²) in [7, 11) is 0. The summed E-state index contributed by atoms with van der Waals surface area (Å²) in [6.07, 6.45) is 5.14. The van der Waals surface area contributed by atoms with Crippen LogP contribution >= 0.6 is 11.6 Å². The summed E-state index contributed by atoms with van der Waals surface area (Å²) in [6, 6.07) is 0. The average molecular weight is 240 g/mol. The van der Waals surface area contributed by atoms with Gasteiger partial charge in [0.15, 0.2) is 0 Å². The first-order chi connectivity index (χ1) is 7.71. The summed E-state index contributed by atoms with van der Waals surface area (Å²) >= 11 is 5.81. The Balaban J connectivity index is 2.93. The second kappa shape index (κ2) is 6.13. The molecule has 1 N–H and O–H groups in total. The van der Waals surface area contributed by atoms with Crippen molar-refractivity contribution >= 4 is 23.5 Å². The van der Waals surface area contributed by atoms with Crippen molar-refractivity contribution < 1.29 is 0 Å². The largest absolute Gasteiger partial charge is 0.343 e. The summed E-state index contributed by atoms with van der Waals surface area (Å²) in [5, 5.41) is 3.03. The number of halogens is 1. The van der Waals surface area contributed by atoms with Crippen LogP contribution in [0.1, 0.15) is 13.8 Å². The van der Waals surface area contributed by atoms with Crippen molar-refractivity contribution in [3.63, 3.8) is 0 Å². The van der Waals surface area contributed by atoms with E-state index in [2.05, 4.69) is 26.2 Å². The number of rotatable bonds is 5. The number of nitrogens with zero attached hydrogens (tertiary/aromatic N) is 4. The second-order valence-corrected chi connectivity index (χ2v) is 3.30. The minimum absolute atomic E-state index is 0.163. The van der Waals surface area contributed by atoms with Crippen molar-refractivity contribution in [2.24, 2.45) is 0 Å². The lowest BCUT2D eigenvalue weighted by molar-refractivity contribution is 0.812. The number of nitrogens with one attached hydrogen (secondary N) is 1. The minimum Gasteiger partial charge on any atom is -0.343 e. The van der Waals surface area contributed by atoms with Crippen LogP contribution in [0.15, 0.2) is 0 Å². The third-order valence-corrected chi connectivity index (χ3v) is 2.16. The molecule has 16 heavy (non-hydrogen) atoms. The fourth-order valence-electron chi connectivity index (χ4n) is 1.20. The van der Waals surface area contributed by atoms with Crippen LogP contribution in [0, 0.1) is 12.3 Å². The van der Waals surface area contributed by atoms with Gasteiger partial charge in [-0.25, -0.2) is 0 Å². The molecule has 0 atom stereocenters. The van der Waals surface area contributed by atoms with Crippen LogP contribution in [-0.2, 0) is 0 Å². The Morgan fingerprint density at radius 3 is 2.56 bits per heavy atom. The molecule has 0 fully saturated rings. The highest BCUT2D eigenvalue weighted by Gasteiger charge is 2.09. The van der Waals surface area contributed by atoms with Crippen LogP contribution in [0.2, 0.25) is 5.28 Å². The first-order valence-corrected chi connectivity index (χ1v) is 5.42. The van der Waals surface area contributed by atoms with Gasteiger partial charge in [-0.05, 0) is 25.4 Å². The van der Waals surface area contributed by atoms with E-state index < -0.39 is 0 Å². The van der Waals surface area contributed by atoms with Crippen molar-refractivity contribution in [1.82, 2.24) is 15.0 Å². The summed E-state index contributed by atoms with van der Waals surface area (Å²) in [5.74, 6) is 3.41. The minimum atomic E-state index is 0.163. The molecule has 0 saturated heterocycles. The maximum atomic E-state index is 5.81. The molecule has 86 valence electrons. The first kappa shape index (κ1) is 12.5. The van der Waals surface area contributed by atoms with E-state index >= 15 is 0 Å². The van der Waals surface area contributed by atoms with Gasteiger partial charge in [0, 0.05) is 13.1 Å². The van der Waals surface area contributed by atoms with E-state index in [-0.39, 0.29) is 5.28 Å². The number of hydrogen-bond acceptors (Lipinski definition) is 5. The Hall–Kier alpha value is -1.54. The molecule has 0 amide bonds. The maximum Gasteiger partial charge on any atom is 0.231 e. The molecule has 0 unspecified atom stereocenters. The molecule has 1 rings (SSSR count). The van der Waals surface area contributed by atoms with Crippen molar-refractivity contribution in [2.45, 2.75) is 13.8 Å². The smallest absolute Gasteiger partial charge is 0.231 e. The van der Waals surface area contributed by atoms with Crippen LogP contribution in [0.5, 0.6) is 0 Å². The molecule has 1 heterocycles. The zero-order chi connectivity index (χ0) is 12.0. The molecule has 1 aromatic rings. The monoisotopic (exact) mass is 239 g/mol. The van der Waals surface area contributed by atoms with Crippen LogP contribution in [0.3, 0.4) is 0 Å². The number of terminal acetylenes is 1. The normalized spacial score (nSPS) is 9.62. The summed E-state index contributed by atoms with van der Waals surface area (Å²) in [4.78, 5) is 14.2. The number of hydrogen-bond donors (Lipinski definition) is 1. The topological polar surface area (TPSA) is 53.9 Å². The Morgan fingerprint density at radius 1 is 1.31 bits per heavy atom. The Bertz CT molecular complexity index is 383. The predicted octanol–water partition coefficient (Wildman–Crippen LogP) is 1.42. The molecule has 0 bridgehead atoms. The lowest BCUT2D eigenvalue weighted by Gasteiger charge is -2.18. The van der Waals surface area contributed by atoms with Gasteiger partial charge in [-0.15, -0.1) is 6.42 Å². The van der Waals surface area contributed by atoms with Gasteiger partial charge in [0.05, 0.1) is 6.54 Å². The Labute approximate surface area is 100 Å². The molecular formula is C10H14ClN5. The molecule has 0 aliphatic heterocycles. The molecule has 0 saturated carbocycles. The van der Waals surface area contributed by atoms with Crippen molar-refractivity contribution in [3.8, 4) is 12.3 Å². The van der Waals surface area contributed by atoms with Gasteiger partial charge in [-0.1, -0.05) is 5.92 Å². The van der Waals surface area contributed by atoms with Crippen molar-refractivity contribution in [2.75, 3.05) is 29.9 Å². The molecule has 0 aromatic carbocycles. The highest BCUT2D eigenvalue weighted by molar-refractivity contribution is 6.28. The maximum absolute atomic E-state index is 5.81. The Kier molecular flexibility index (Phi) is 4.80. The lowest BCUT2D eigenvalue weighted by Crippen LogP contribution is -2.25. The molecule has 5 nitrogen and oxygen atoms in total. The van der Waals surface area contributed by atoms with E-state index in [1.807, 2.05) is 18.7 Å². The first-order valence-electron chi connectivity index (χ1n) is 5.05. The molecule has 1 aromatic heterocycles. The van der Waals surface area contributed by atoms with E-state index in [4.69, 9.17) is 18.0 Å². The van der Waals surface area contributed by atoms with Crippen LogP contribution in [0.4, 0.5) is 11.9 Å². The Morgan fingerprint density at radius 2 is 2.00 bits per heavy atom. The van der Waals surface area contributed by atoms with Gasteiger partial charge in [0.2, 0.25) is 17.2 Å². The molecule has 0 aliphatic rings. The van der Waals surface area contributed by atoms with Crippen LogP contribution in [0.25, 0.3) is 0 Å². The molecule has 0 radical (unpaired) electrons. The van der Waals surface area contributed by atoms with Gasteiger partial charge in [0.1, 0.15) is 0 Å². The quantitative estimate of drug-likeness (QED) is 0.788. The highest BCUT2D eigenvalue weighted by atomic mass is 35.5. The third-order valence-electron chi connectivity index (χ3n) is 1.99. The van der Waals surface area contributed by atoms with Gasteiger partial charge in [0.25, 0.3) is 0 Å². The second-order valence-electron chi connectivity index (χ2n) is 2.96. The van der Waals surface area contributed by atoms with E-state index in [9.17, 15) is 0 Å². The predicted molar refractivity (Wildman–Crippen MR) is 65.7 cm³/mol. The van der Waals surface area contributed by atoms with Crippen LogP contribution < -0.4 is 10.2 Å².